The van der Waals surface area contributed by atoms with E-state index in [-0.39, 0.29) is 5.69 Å². The fourth-order valence-electron chi connectivity index (χ4n) is 1.28. The number of nitrogens with one attached hydrogen (secondary N) is 2. The van der Waals surface area contributed by atoms with E-state index in [2.05, 4.69) is 21.2 Å². The number of aliphatic carboxylic acids is 1. The normalized spacial score (nSPS) is 13.5. The highest BCUT2D eigenvalue weighted by Gasteiger charge is 2.25. The number of carbonyl (C=O) groups excluding carboxylic acids is 1. The van der Waals surface area contributed by atoms with E-state index in [0.717, 1.165) is 6.07 Å². The van der Waals surface area contributed by atoms with Crippen LogP contribution in [0, 0.1) is 5.82 Å². The molecule has 1 aromatic carbocycles. The molecule has 0 fully saturated rings. The zero-order chi connectivity index (χ0) is 14.6. The number of carbonyl (C=O) groups is 2. The van der Waals surface area contributed by atoms with Crippen molar-refractivity contribution < 1.29 is 24.2 Å². The Morgan fingerprint density at radius 1 is 1.42 bits per heavy atom. The average Bonchev–Trinajstić information content (AvgIpc) is 2.29. The summed E-state index contributed by atoms with van der Waals surface area (Å²) in [5.41, 5.74) is -0.101. The average molecular weight is 335 g/mol. The Balaban J connectivity index is 2.72. The quantitative estimate of drug-likeness (QED) is 0.671. The highest BCUT2D eigenvalue weighted by molar-refractivity contribution is 9.10. The molecule has 2 amide bonds. The minimum absolute atomic E-state index is 0.101. The highest BCUT2D eigenvalue weighted by Crippen LogP contribution is 2.19. The fraction of sp³-hybridized carbons (Fsp3) is 0.273. The molecule has 0 unspecified atom stereocenters. The van der Waals surface area contributed by atoms with E-state index >= 15 is 0 Å². The second-order valence-electron chi connectivity index (χ2n) is 3.78. The first-order valence-electron chi connectivity index (χ1n) is 5.24. The van der Waals surface area contributed by atoms with Gasteiger partial charge in [-0.25, -0.2) is 14.0 Å². The van der Waals surface area contributed by atoms with E-state index in [1.807, 2.05) is 5.32 Å². The van der Waals surface area contributed by atoms with Crippen LogP contribution in [0.15, 0.2) is 22.7 Å². The lowest BCUT2D eigenvalue weighted by Gasteiger charge is -2.17. The predicted octanol–water partition coefficient (Wildman–Crippen LogP) is 1.54. The molecule has 0 bridgehead atoms. The van der Waals surface area contributed by atoms with Gasteiger partial charge in [0.1, 0.15) is 5.82 Å². The molecular weight excluding hydrogens is 323 g/mol. The lowest BCUT2D eigenvalue weighted by atomic mass is 10.2. The van der Waals surface area contributed by atoms with Crippen molar-refractivity contribution in [3.05, 3.63) is 28.5 Å². The molecule has 6 nitrogen and oxygen atoms in total. The Bertz CT molecular complexity index is 496. The number of carboxylic acids is 1. The molecule has 8 heteroatoms. The summed E-state index contributed by atoms with van der Waals surface area (Å²) >= 11 is 3.06. The standard InChI is InChI=1S/C11H12BrFN2O4/c1-5(16)9(10(17)18)15-11(19)14-8-3-2-6(12)4-7(8)13/h2-5,9,16H,1H3,(H,17,18)(H2,14,15,19)/t5-,9+/m1/s1. The second-order valence-corrected chi connectivity index (χ2v) is 4.69. The second kappa shape index (κ2) is 6.48. The van der Waals surface area contributed by atoms with Gasteiger partial charge < -0.3 is 20.8 Å². The number of halogens is 2. The van der Waals surface area contributed by atoms with E-state index in [1.54, 1.807) is 0 Å². The Morgan fingerprint density at radius 2 is 2.05 bits per heavy atom. The summed E-state index contributed by atoms with van der Waals surface area (Å²) in [4.78, 5) is 22.3. The molecule has 2 atom stereocenters. The molecule has 104 valence electrons. The molecule has 0 aliphatic carbocycles. The number of amides is 2. The largest absolute Gasteiger partial charge is 0.480 e. The van der Waals surface area contributed by atoms with Gasteiger partial charge in [-0.2, -0.15) is 0 Å². The van der Waals surface area contributed by atoms with E-state index in [1.165, 1.54) is 19.1 Å². The zero-order valence-electron chi connectivity index (χ0n) is 9.85. The molecule has 0 spiro atoms. The summed E-state index contributed by atoms with van der Waals surface area (Å²) in [5, 5.41) is 22.1. The van der Waals surface area contributed by atoms with Gasteiger partial charge in [0.2, 0.25) is 0 Å². The van der Waals surface area contributed by atoms with Crippen molar-refractivity contribution in [2.45, 2.75) is 19.1 Å². The molecule has 0 aromatic heterocycles. The van der Waals surface area contributed by atoms with Crippen molar-refractivity contribution in [1.29, 1.82) is 0 Å². The number of hydrogen-bond acceptors (Lipinski definition) is 3. The maximum absolute atomic E-state index is 13.4. The van der Waals surface area contributed by atoms with Gasteiger partial charge in [-0.15, -0.1) is 0 Å². The van der Waals surface area contributed by atoms with E-state index in [0.29, 0.717) is 4.47 Å². The number of rotatable bonds is 4. The van der Waals surface area contributed by atoms with Gasteiger partial charge in [0.25, 0.3) is 0 Å². The lowest BCUT2D eigenvalue weighted by Crippen LogP contribution is -2.49. The van der Waals surface area contributed by atoms with Crippen LogP contribution in [0.2, 0.25) is 0 Å². The van der Waals surface area contributed by atoms with Crippen LogP contribution in [0.1, 0.15) is 6.92 Å². The minimum Gasteiger partial charge on any atom is -0.480 e. The molecule has 1 rings (SSSR count). The van der Waals surface area contributed by atoms with Gasteiger partial charge in [0, 0.05) is 4.47 Å². The molecule has 1 aromatic rings. The number of carboxylic acid groups (broad SMARTS) is 1. The van der Waals surface area contributed by atoms with Crippen LogP contribution in [0.4, 0.5) is 14.9 Å². The van der Waals surface area contributed by atoms with E-state index in [9.17, 15) is 19.1 Å². The number of anilines is 1. The highest BCUT2D eigenvalue weighted by atomic mass is 79.9. The van der Waals surface area contributed by atoms with Gasteiger partial charge in [-0.05, 0) is 25.1 Å². The third-order valence-electron chi connectivity index (χ3n) is 2.21. The molecule has 0 saturated carbocycles. The lowest BCUT2D eigenvalue weighted by molar-refractivity contribution is -0.141. The molecule has 0 heterocycles. The summed E-state index contributed by atoms with van der Waals surface area (Å²) in [6.07, 6.45) is -1.28. The monoisotopic (exact) mass is 334 g/mol. The van der Waals surface area contributed by atoms with Crippen LogP contribution < -0.4 is 10.6 Å². The topological polar surface area (TPSA) is 98.7 Å². The summed E-state index contributed by atoms with van der Waals surface area (Å²) < 4.78 is 13.9. The first-order chi connectivity index (χ1) is 8.81. The fourth-order valence-corrected chi connectivity index (χ4v) is 1.61. The van der Waals surface area contributed by atoms with Gasteiger partial charge in [0.15, 0.2) is 6.04 Å². The van der Waals surface area contributed by atoms with Crippen LogP contribution >= 0.6 is 15.9 Å². The molecule has 4 N–H and O–H groups in total. The van der Waals surface area contributed by atoms with E-state index in [4.69, 9.17) is 5.11 Å². The molecule has 19 heavy (non-hydrogen) atoms. The molecule has 0 saturated heterocycles. The number of benzene rings is 1. The Kier molecular flexibility index (Phi) is 5.25. The maximum Gasteiger partial charge on any atom is 0.328 e. The minimum atomic E-state index is -1.47. The van der Waals surface area contributed by atoms with Gasteiger partial charge in [-0.1, -0.05) is 15.9 Å². The first kappa shape index (κ1) is 15.4. The number of hydrogen-bond donors (Lipinski definition) is 4. The molecule has 0 radical (unpaired) electrons. The van der Waals surface area contributed by atoms with Crippen LogP contribution in [-0.2, 0) is 4.79 Å². The maximum atomic E-state index is 13.4. The summed E-state index contributed by atoms with van der Waals surface area (Å²) in [6, 6.07) is 1.59. The van der Waals surface area contributed by atoms with E-state index < -0.39 is 30.0 Å². The van der Waals surface area contributed by atoms with Crippen molar-refractivity contribution in [3.8, 4) is 0 Å². The molecular formula is C11H12BrFN2O4. The summed E-state index contributed by atoms with van der Waals surface area (Å²) in [5.74, 6) is -2.06. The number of aliphatic hydroxyl groups is 1. The third-order valence-corrected chi connectivity index (χ3v) is 2.71. The van der Waals surface area contributed by atoms with Gasteiger partial charge in [-0.3, -0.25) is 0 Å². The summed E-state index contributed by atoms with van der Waals surface area (Å²) in [7, 11) is 0. The van der Waals surface area contributed by atoms with Crippen LogP contribution in [0.5, 0.6) is 0 Å². The van der Waals surface area contributed by atoms with Gasteiger partial charge in [0.05, 0.1) is 11.8 Å². The van der Waals surface area contributed by atoms with Crippen molar-refractivity contribution in [2.75, 3.05) is 5.32 Å². The smallest absolute Gasteiger partial charge is 0.328 e. The zero-order valence-corrected chi connectivity index (χ0v) is 11.4. The number of urea groups is 1. The van der Waals surface area contributed by atoms with Crippen molar-refractivity contribution in [3.63, 3.8) is 0 Å². The predicted molar refractivity (Wildman–Crippen MR) is 69.4 cm³/mol. The first-order valence-corrected chi connectivity index (χ1v) is 6.04. The van der Waals surface area contributed by atoms with Crippen molar-refractivity contribution in [2.24, 2.45) is 0 Å². The van der Waals surface area contributed by atoms with Gasteiger partial charge >= 0.3 is 12.0 Å². The van der Waals surface area contributed by atoms with Crippen molar-refractivity contribution >= 4 is 33.6 Å². The molecule has 0 aliphatic heterocycles. The van der Waals surface area contributed by atoms with Crippen LogP contribution in [0.3, 0.4) is 0 Å². The van der Waals surface area contributed by atoms with Crippen LogP contribution in [-0.4, -0.2) is 34.4 Å². The Hall–Kier alpha value is -1.67. The van der Waals surface area contributed by atoms with Crippen LogP contribution in [0.25, 0.3) is 0 Å². The SMILES string of the molecule is C[C@@H](O)[C@H](NC(=O)Nc1ccc(Br)cc1F)C(=O)O. The Morgan fingerprint density at radius 3 is 2.53 bits per heavy atom. The summed E-state index contributed by atoms with van der Waals surface area (Å²) in [6.45, 7) is 1.22. The molecule has 0 aliphatic rings. The van der Waals surface area contributed by atoms with Crippen molar-refractivity contribution in [1.82, 2.24) is 5.32 Å². The Labute approximate surface area is 116 Å². The number of aliphatic hydroxyl groups excluding tert-OH is 1. The third kappa shape index (κ3) is 4.49.